The van der Waals surface area contributed by atoms with Gasteiger partial charge in [0.1, 0.15) is 24.4 Å². The van der Waals surface area contributed by atoms with Crippen LogP contribution in [0.3, 0.4) is 0 Å². The normalized spacial score (nSPS) is 26.4. The molecule has 5 atom stereocenters. The van der Waals surface area contributed by atoms with Gasteiger partial charge in [-0.3, -0.25) is 0 Å². The van der Waals surface area contributed by atoms with E-state index in [9.17, 15) is 0 Å². The van der Waals surface area contributed by atoms with E-state index in [0.29, 0.717) is 13.2 Å². The Morgan fingerprint density at radius 1 is 0.630 bits per heavy atom. The van der Waals surface area contributed by atoms with Gasteiger partial charge in [-0.1, -0.05) is 112 Å². The second kappa shape index (κ2) is 15.3. The Kier molecular flexibility index (Phi) is 13.3. The van der Waals surface area contributed by atoms with Crippen LogP contribution in [-0.2, 0) is 34.1 Å². The fraction of sp³-hybridized carbons (Fsp3) is 0.838. The van der Waals surface area contributed by atoms with E-state index in [-0.39, 0.29) is 39.5 Å². The van der Waals surface area contributed by atoms with Crippen LogP contribution in [0.1, 0.15) is 100.0 Å². The van der Waals surface area contributed by atoms with Crippen LogP contribution in [0.4, 0.5) is 0 Å². The Morgan fingerprint density at radius 2 is 1.09 bits per heavy atom. The molecule has 1 aliphatic carbocycles. The van der Waals surface area contributed by atoms with Crippen LogP contribution >= 0.6 is 0 Å². The molecule has 0 radical (unpaired) electrons. The number of hydrogen-bond donors (Lipinski definition) is 0. The lowest BCUT2D eigenvalue weighted by Crippen LogP contribution is -2.68. The third-order valence-electron chi connectivity index (χ3n) is 11.6. The summed E-state index contributed by atoms with van der Waals surface area (Å²) in [6.07, 6.45) is 3.88. The summed E-state index contributed by atoms with van der Waals surface area (Å²) in [4.78, 5) is 0. The summed E-state index contributed by atoms with van der Waals surface area (Å²) in [5, 5.41) is 0.0257. The maximum atomic E-state index is 7.52. The molecular formula is C37H70O6Si3. The van der Waals surface area contributed by atoms with Crippen molar-refractivity contribution in [3.8, 4) is 0 Å². The van der Waals surface area contributed by atoms with Gasteiger partial charge < -0.3 is 27.5 Å². The summed E-state index contributed by atoms with van der Waals surface area (Å²) in [6.45, 7) is 35.6. The van der Waals surface area contributed by atoms with E-state index < -0.39 is 37.3 Å². The smallest absolute Gasteiger partial charge is 0.192 e. The first-order chi connectivity index (χ1) is 21.0. The van der Waals surface area contributed by atoms with Gasteiger partial charge >= 0.3 is 0 Å². The van der Waals surface area contributed by atoms with E-state index in [1.807, 2.05) is 6.07 Å². The first-order valence-corrected chi connectivity index (χ1v) is 26.6. The number of ether oxygens (including phenoxy) is 3. The van der Waals surface area contributed by atoms with Gasteiger partial charge in [-0.25, -0.2) is 0 Å². The number of rotatable bonds is 12. The molecule has 0 amide bonds. The lowest BCUT2D eigenvalue weighted by atomic mass is 9.96. The van der Waals surface area contributed by atoms with E-state index in [0.717, 1.165) is 18.4 Å². The zero-order valence-corrected chi connectivity index (χ0v) is 35.3. The van der Waals surface area contributed by atoms with Crippen molar-refractivity contribution < 1.29 is 27.5 Å². The highest BCUT2D eigenvalue weighted by molar-refractivity contribution is 6.75. The molecule has 1 aromatic rings. The molecule has 9 heteroatoms. The standard InChI is InChI=1S/C37H70O6Si3/c1-35(2,3)44(10,11)41-31-30(27-38-26-28-22-18-16-19-23-28)40-34(39-29-24-20-17-21-25-29)33(43-46(14,15)37(7,8)9)32(31)42-45(12,13)36(4,5)6/h16,18-19,22-23,29-34H,17,20-21,24-27H2,1-15H3/t30-,31-,32+,33-,34?/m1/s1. The molecule has 0 aromatic heterocycles. The van der Waals surface area contributed by atoms with Crippen LogP contribution in [-0.4, -0.2) is 68.4 Å². The van der Waals surface area contributed by atoms with Gasteiger partial charge in [-0.15, -0.1) is 0 Å². The lowest BCUT2D eigenvalue weighted by molar-refractivity contribution is -0.307. The summed E-state index contributed by atoms with van der Waals surface area (Å²) >= 11 is 0. The molecule has 1 saturated carbocycles. The first kappa shape index (κ1) is 40.1. The molecule has 266 valence electrons. The molecule has 1 aromatic carbocycles. The summed E-state index contributed by atoms with van der Waals surface area (Å²) in [5.41, 5.74) is 1.14. The Labute approximate surface area is 286 Å². The van der Waals surface area contributed by atoms with E-state index in [1.165, 1.54) is 19.3 Å². The Hall–Kier alpha value is -0.369. The third-order valence-corrected chi connectivity index (χ3v) is 25.0. The predicted octanol–water partition coefficient (Wildman–Crippen LogP) is 10.4. The average molecular weight is 695 g/mol. The molecule has 0 N–H and O–H groups in total. The largest absolute Gasteiger partial charge is 0.408 e. The van der Waals surface area contributed by atoms with Crippen LogP contribution in [0, 0.1) is 0 Å². The third kappa shape index (κ3) is 10.3. The van der Waals surface area contributed by atoms with E-state index in [4.69, 9.17) is 27.5 Å². The molecule has 0 bridgehead atoms. The van der Waals surface area contributed by atoms with Gasteiger partial charge in [0.2, 0.25) is 0 Å². The minimum atomic E-state index is -2.29. The fourth-order valence-corrected chi connectivity index (χ4v) is 9.23. The summed E-state index contributed by atoms with van der Waals surface area (Å²) in [7, 11) is -6.85. The second-order valence-corrected chi connectivity index (χ2v) is 32.7. The molecule has 0 spiro atoms. The van der Waals surface area contributed by atoms with Crippen molar-refractivity contribution in [1.82, 2.24) is 0 Å². The fourth-order valence-electron chi connectivity index (χ4n) is 5.33. The van der Waals surface area contributed by atoms with E-state index in [1.54, 1.807) is 0 Å². The molecule has 1 unspecified atom stereocenters. The minimum Gasteiger partial charge on any atom is -0.408 e. The number of benzene rings is 1. The molecule has 1 heterocycles. The van der Waals surface area contributed by atoms with Crippen molar-refractivity contribution in [2.75, 3.05) is 6.61 Å². The Morgan fingerprint density at radius 3 is 1.57 bits per heavy atom. The predicted molar refractivity (Wildman–Crippen MR) is 199 cm³/mol. The highest BCUT2D eigenvalue weighted by Gasteiger charge is 2.57. The van der Waals surface area contributed by atoms with Gasteiger partial charge in [0.25, 0.3) is 0 Å². The van der Waals surface area contributed by atoms with Crippen molar-refractivity contribution >= 4 is 25.0 Å². The molecule has 2 aliphatic rings. The van der Waals surface area contributed by atoms with E-state index >= 15 is 0 Å². The van der Waals surface area contributed by atoms with Crippen LogP contribution in [0.5, 0.6) is 0 Å². The quantitative estimate of drug-likeness (QED) is 0.203. The van der Waals surface area contributed by atoms with Crippen molar-refractivity contribution in [2.45, 2.75) is 192 Å². The maximum absolute atomic E-state index is 7.52. The SMILES string of the molecule is CC(C)(C)[Si](C)(C)O[C@H]1[C@H](O[Si](C)(C)C(C)(C)C)[C@@H](O[Si](C)(C)C(C)(C)C)C(OC2CCCCC2)O[C@@H]1COCc1ccccc1. The summed E-state index contributed by atoms with van der Waals surface area (Å²) in [6, 6.07) is 10.4. The average Bonchev–Trinajstić information content (AvgIpc) is 2.91. The van der Waals surface area contributed by atoms with Crippen LogP contribution in [0.15, 0.2) is 30.3 Å². The Bertz CT molecular complexity index is 1070. The highest BCUT2D eigenvalue weighted by atomic mass is 28.4. The van der Waals surface area contributed by atoms with Gasteiger partial charge in [0, 0.05) is 0 Å². The van der Waals surface area contributed by atoms with E-state index in [2.05, 4.69) is 126 Å². The lowest BCUT2D eigenvalue weighted by Gasteiger charge is -2.54. The number of hydrogen-bond acceptors (Lipinski definition) is 6. The molecular weight excluding hydrogens is 625 g/mol. The topological polar surface area (TPSA) is 55.4 Å². The molecule has 46 heavy (non-hydrogen) atoms. The molecule has 6 nitrogen and oxygen atoms in total. The highest BCUT2D eigenvalue weighted by Crippen LogP contribution is 2.46. The van der Waals surface area contributed by atoms with Gasteiger partial charge in [-0.2, -0.15) is 0 Å². The van der Waals surface area contributed by atoms with Crippen molar-refractivity contribution in [3.05, 3.63) is 35.9 Å². The molecule has 1 saturated heterocycles. The zero-order valence-electron chi connectivity index (χ0n) is 32.3. The molecule has 2 fully saturated rings. The minimum absolute atomic E-state index is 0.00732. The monoisotopic (exact) mass is 694 g/mol. The zero-order chi connectivity index (χ0) is 34.8. The first-order valence-electron chi connectivity index (χ1n) is 17.9. The van der Waals surface area contributed by atoms with Gasteiger partial charge in [0.15, 0.2) is 31.2 Å². The molecule has 1 aliphatic heterocycles. The maximum Gasteiger partial charge on any atom is 0.192 e. The van der Waals surface area contributed by atoms with Gasteiger partial charge in [-0.05, 0) is 72.8 Å². The summed E-state index contributed by atoms with van der Waals surface area (Å²) in [5.74, 6) is 0. The van der Waals surface area contributed by atoms with Crippen LogP contribution in [0.2, 0.25) is 54.4 Å². The van der Waals surface area contributed by atoms with Crippen molar-refractivity contribution in [1.29, 1.82) is 0 Å². The molecule has 3 rings (SSSR count). The Balaban J connectivity index is 2.13. The van der Waals surface area contributed by atoms with Gasteiger partial charge in [0.05, 0.1) is 19.3 Å². The van der Waals surface area contributed by atoms with Crippen molar-refractivity contribution in [3.63, 3.8) is 0 Å². The van der Waals surface area contributed by atoms with Crippen LogP contribution < -0.4 is 0 Å². The summed E-state index contributed by atoms with van der Waals surface area (Å²) < 4.78 is 42.8. The van der Waals surface area contributed by atoms with Crippen molar-refractivity contribution in [2.24, 2.45) is 0 Å². The second-order valence-electron chi connectivity index (χ2n) is 18.5. The van der Waals surface area contributed by atoms with Crippen LogP contribution in [0.25, 0.3) is 0 Å².